The Bertz CT molecular complexity index is 392. The van der Waals surface area contributed by atoms with Gasteiger partial charge in [-0.2, -0.15) is 0 Å². The van der Waals surface area contributed by atoms with Crippen molar-refractivity contribution in [2.24, 2.45) is 0 Å². The number of likely N-dealkylation sites (N-methyl/N-ethyl adjacent to an activating group) is 1. The van der Waals surface area contributed by atoms with Crippen molar-refractivity contribution in [1.82, 2.24) is 5.32 Å². The van der Waals surface area contributed by atoms with Gasteiger partial charge in [-0.3, -0.25) is 4.79 Å². The minimum Gasteiger partial charge on any atom is -0.480 e. The van der Waals surface area contributed by atoms with E-state index in [1.54, 1.807) is 7.05 Å². The molecule has 1 aliphatic heterocycles. The van der Waals surface area contributed by atoms with Crippen molar-refractivity contribution in [2.45, 2.75) is 18.4 Å². The highest BCUT2D eigenvalue weighted by Crippen LogP contribution is 2.33. The van der Waals surface area contributed by atoms with E-state index in [2.05, 4.69) is 16.7 Å². The number of benzene rings is 1. The maximum atomic E-state index is 10.9. The molecule has 3 N–H and O–H groups in total. The molecule has 0 saturated heterocycles. The summed E-state index contributed by atoms with van der Waals surface area (Å²) in [5, 5.41) is 15.1. The van der Waals surface area contributed by atoms with E-state index in [0.29, 0.717) is 6.42 Å². The molecule has 0 spiro atoms. The van der Waals surface area contributed by atoms with Gasteiger partial charge in [0.05, 0.1) is 0 Å². The monoisotopic (exact) mass is 220 g/mol. The van der Waals surface area contributed by atoms with Crippen LogP contribution in [0.4, 0.5) is 5.69 Å². The molecule has 1 unspecified atom stereocenters. The minimum absolute atomic E-state index is 0.282. The number of nitrogens with one attached hydrogen (secondary N) is 2. The normalized spacial score (nSPS) is 19.9. The van der Waals surface area contributed by atoms with Gasteiger partial charge in [0.1, 0.15) is 6.04 Å². The van der Waals surface area contributed by atoms with E-state index in [0.717, 1.165) is 12.2 Å². The van der Waals surface area contributed by atoms with Crippen molar-refractivity contribution in [1.29, 1.82) is 0 Å². The zero-order valence-corrected chi connectivity index (χ0v) is 9.23. The molecule has 1 aromatic carbocycles. The van der Waals surface area contributed by atoms with E-state index in [-0.39, 0.29) is 5.92 Å². The molecule has 0 bridgehead atoms. The lowest BCUT2D eigenvalue weighted by Gasteiger charge is -2.16. The number of rotatable bonds is 4. The van der Waals surface area contributed by atoms with Gasteiger partial charge in [0.25, 0.3) is 0 Å². The third-order valence-electron chi connectivity index (χ3n) is 3.11. The van der Waals surface area contributed by atoms with Gasteiger partial charge in [-0.05, 0) is 25.1 Å². The molecule has 0 aliphatic carbocycles. The minimum atomic E-state index is -0.785. The van der Waals surface area contributed by atoms with Gasteiger partial charge in [-0.1, -0.05) is 18.2 Å². The Morgan fingerprint density at radius 2 is 2.38 bits per heavy atom. The fourth-order valence-corrected chi connectivity index (χ4v) is 2.19. The number of aliphatic carboxylic acids is 1. The molecule has 4 heteroatoms. The summed E-state index contributed by atoms with van der Waals surface area (Å²) in [6.45, 7) is 0.824. The maximum Gasteiger partial charge on any atom is 0.320 e. The average molecular weight is 220 g/mol. The summed E-state index contributed by atoms with van der Waals surface area (Å²) < 4.78 is 0. The van der Waals surface area contributed by atoms with Gasteiger partial charge >= 0.3 is 5.97 Å². The van der Waals surface area contributed by atoms with Crippen LogP contribution < -0.4 is 10.6 Å². The van der Waals surface area contributed by atoms with Crippen LogP contribution in [0.25, 0.3) is 0 Å². The number of hydrogen-bond acceptors (Lipinski definition) is 3. The van der Waals surface area contributed by atoms with Crippen molar-refractivity contribution in [3.05, 3.63) is 29.8 Å². The Hall–Kier alpha value is -1.55. The lowest BCUT2D eigenvalue weighted by atomic mass is 9.94. The van der Waals surface area contributed by atoms with Gasteiger partial charge in [0.15, 0.2) is 0 Å². The zero-order chi connectivity index (χ0) is 11.5. The van der Waals surface area contributed by atoms with E-state index < -0.39 is 12.0 Å². The largest absolute Gasteiger partial charge is 0.480 e. The highest BCUT2D eigenvalue weighted by atomic mass is 16.4. The highest BCUT2D eigenvalue weighted by Gasteiger charge is 2.27. The highest BCUT2D eigenvalue weighted by molar-refractivity contribution is 5.73. The van der Waals surface area contributed by atoms with Crippen molar-refractivity contribution >= 4 is 11.7 Å². The summed E-state index contributed by atoms with van der Waals surface area (Å²) >= 11 is 0. The summed E-state index contributed by atoms with van der Waals surface area (Å²) in [6.07, 6.45) is 0.621. The molecule has 1 aromatic rings. The molecule has 1 aliphatic rings. The molecule has 16 heavy (non-hydrogen) atoms. The van der Waals surface area contributed by atoms with Crippen molar-refractivity contribution in [3.8, 4) is 0 Å². The summed E-state index contributed by atoms with van der Waals surface area (Å²) in [5.41, 5.74) is 2.36. The number of fused-ring (bicyclic) bond motifs is 1. The third kappa shape index (κ3) is 2.02. The molecular formula is C12H16N2O2. The molecule has 0 amide bonds. The number of anilines is 1. The second-order valence-corrected chi connectivity index (χ2v) is 4.08. The average Bonchev–Trinajstić information content (AvgIpc) is 2.69. The third-order valence-corrected chi connectivity index (χ3v) is 3.11. The van der Waals surface area contributed by atoms with Gasteiger partial charge in [0.2, 0.25) is 0 Å². The number of carboxylic acid groups (broad SMARTS) is 1. The topological polar surface area (TPSA) is 61.4 Å². The van der Waals surface area contributed by atoms with Crippen LogP contribution in [0.5, 0.6) is 0 Å². The molecule has 1 heterocycles. The molecule has 86 valence electrons. The van der Waals surface area contributed by atoms with Crippen LogP contribution in [-0.2, 0) is 4.79 Å². The molecule has 0 aromatic heterocycles. The second kappa shape index (κ2) is 4.53. The first-order valence-corrected chi connectivity index (χ1v) is 5.45. The summed E-state index contributed by atoms with van der Waals surface area (Å²) in [5.74, 6) is -0.503. The van der Waals surface area contributed by atoms with Crippen LogP contribution in [0.1, 0.15) is 17.9 Å². The standard InChI is InChI=1S/C12H16N2O2/c1-13-11(12(15)16)6-8-7-14-10-5-3-2-4-9(8)10/h2-5,8,11,13-14H,6-7H2,1H3,(H,15,16)/t8?,11-/m0/s1. The first-order chi connectivity index (χ1) is 7.72. The van der Waals surface area contributed by atoms with Crippen LogP contribution in [0.3, 0.4) is 0 Å². The Balaban J connectivity index is 2.11. The Labute approximate surface area is 94.7 Å². The van der Waals surface area contributed by atoms with Gasteiger partial charge < -0.3 is 15.7 Å². The first-order valence-electron chi connectivity index (χ1n) is 5.45. The fourth-order valence-electron chi connectivity index (χ4n) is 2.19. The molecule has 4 nitrogen and oxygen atoms in total. The van der Waals surface area contributed by atoms with E-state index in [4.69, 9.17) is 5.11 Å². The molecule has 0 saturated carbocycles. The van der Waals surface area contributed by atoms with Crippen LogP contribution in [0, 0.1) is 0 Å². The predicted molar refractivity (Wildman–Crippen MR) is 62.8 cm³/mol. The summed E-state index contributed by atoms with van der Waals surface area (Å²) in [4.78, 5) is 10.9. The van der Waals surface area contributed by atoms with Gasteiger partial charge in [0, 0.05) is 18.2 Å². The van der Waals surface area contributed by atoms with E-state index in [1.807, 2.05) is 18.2 Å². The maximum absolute atomic E-state index is 10.9. The second-order valence-electron chi connectivity index (χ2n) is 4.08. The van der Waals surface area contributed by atoms with Crippen LogP contribution in [0.2, 0.25) is 0 Å². The Kier molecular flexibility index (Phi) is 3.10. The zero-order valence-electron chi connectivity index (χ0n) is 9.23. The van der Waals surface area contributed by atoms with E-state index in [1.165, 1.54) is 5.56 Å². The summed E-state index contributed by atoms with van der Waals surface area (Å²) in [7, 11) is 1.69. The lowest BCUT2D eigenvalue weighted by Crippen LogP contribution is -2.35. The first kappa shape index (κ1) is 11.0. The number of para-hydroxylation sites is 1. The Morgan fingerprint density at radius 3 is 3.06 bits per heavy atom. The van der Waals surface area contributed by atoms with Crippen molar-refractivity contribution < 1.29 is 9.90 Å². The number of carboxylic acids is 1. The molecular weight excluding hydrogens is 204 g/mol. The predicted octanol–water partition coefficient (Wildman–Crippen LogP) is 1.26. The van der Waals surface area contributed by atoms with E-state index in [9.17, 15) is 4.79 Å². The fraction of sp³-hybridized carbons (Fsp3) is 0.417. The van der Waals surface area contributed by atoms with Gasteiger partial charge in [-0.25, -0.2) is 0 Å². The molecule has 2 atom stereocenters. The van der Waals surface area contributed by atoms with Crippen LogP contribution in [-0.4, -0.2) is 30.7 Å². The van der Waals surface area contributed by atoms with E-state index >= 15 is 0 Å². The molecule has 0 fully saturated rings. The van der Waals surface area contributed by atoms with Gasteiger partial charge in [-0.15, -0.1) is 0 Å². The van der Waals surface area contributed by atoms with Crippen molar-refractivity contribution in [2.75, 3.05) is 18.9 Å². The van der Waals surface area contributed by atoms with Crippen LogP contribution in [0.15, 0.2) is 24.3 Å². The SMILES string of the molecule is CN[C@@H](CC1CNc2ccccc21)C(=O)O. The van der Waals surface area contributed by atoms with Crippen molar-refractivity contribution in [3.63, 3.8) is 0 Å². The molecule has 2 rings (SSSR count). The summed E-state index contributed by atoms with van der Waals surface area (Å²) in [6, 6.07) is 7.60. The number of hydrogen-bond donors (Lipinski definition) is 3. The van der Waals surface area contributed by atoms with Crippen LogP contribution >= 0.6 is 0 Å². The lowest BCUT2D eigenvalue weighted by molar-refractivity contribution is -0.139. The Morgan fingerprint density at radius 1 is 1.62 bits per heavy atom. The smallest absolute Gasteiger partial charge is 0.320 e. The number of carbonyl (C=O) groups is 1. The molecule has 0 radical (unpaired) electrons. The quantitative estimate of drug-likeness (QED) is 0.715.